The van der Waals surface area contributed by atoms with E-state index in [2.05, 4.69) is 0 Å². The summed E-state index contributed by atoms with van der Waals surface area (Å²) in [6.07, 6.45) is 2.39. The normalized spacial score (nSPS) is 13.7. The van der Waals surface area contributed by atoms with Gasteiger partial charge < -0.3 is 5.11 Å². The Kier molecular flexibility index (Phi) is 5.94. The van der Waals surface area contributed by atoms with E-state index in [0.29, 0.717) is 12.3 Å². The van der Waals surface area contributed by atoms with Crippen molar-refractivity contribution in [2.24, 2.45) is 5.92 Å². The van der Waals surface area contributed by atoms with E-state index in [4.69, 9.17) is 5.11 Å². The van der Waals surface area contributed by atoms with E-state index in [1.54, 1.807) is 0 Å². The smallest absolute Gasteiger partial charge is 0.0897 e. The minimum Gasteiger partial charge on any atom is -0.396 e. The van der Waals surface area contributed by atoms with Gasteiger partial charge in [0.25, 0.3) is 0 Å². The summed E-state index contributed by atoms with van der Waals surface area (Å²) in [5, 5.41) is 8.39. The zero-order valence-corrected chi connectivity index (χ0v) is 5.94. The second kappa shape index (κ2) is 6.02. The second-order valence-corrected chi connectivity index (χ2v) is 2.45. The van der Waals surface area contributed by atoms with Crippen molar-refractivity contribution in [3.05, 3.63) is 0 Å². The molecule has 0 fully saturated rings. The van der Waals surface area contributed by atoms with Gasteiger partial charge in [0.05, 0.1) is 6.67 Å². The molecule has 0 saturated heterocycles. The molecule has 0 aliphatic heterocycles. The lowest BCUT2D eigenvalue weighted by atomic mass is 10.0. The number of alkyl halides is 1. The fourth-order valence-corrected chi connectivity index (χ4v) is 0.770. The second-order valence-electron chi connectivity index (χ2n) is 2.45. The van der Waals surface area contributed by atoms with Crippen LogP contribution in [0, 0.1) is 5.92 Å². The van der Waals surface area contributed by atoms with Crippen molar-refractivity contribution >= 4 is 0 Å². The van der Waals surface area contributed by atoms with Crippen LogP contribution in [0.15, 0.2) is 0 Å². The first-order valence-corrected chi connectivity index (χ1v) is 3.48. The third-order valence-electron chi connectivity index (χ3n) is 1.46. The number of aliphatic hydroxyl groups excluding tert-OH is 1. The molecule has 9 heavy (non-hydrogen) atoms. The molecule has 0 aliphatic carbocycles. The molecule has 2 heteroatoms. The van der Waals surface area contributed by atoms with Crippen molar-refractivity contribution in [1.82, 2.24) is 0 Å². The van der Waals surface area contributed by atoms with Gasteiger partial charge in [0.15, 0.2) is 0 Å². The summed E-state index contributed by atoms with van der Waals surface area (Å²) in [6, 6.07) is 0. The number of hydrogen-bond donors (Lipinski definition) is 1. The fourth-order valence-electron chi connectivity index (χ4n) is 0.770. The first kappa shape index (κ1) is 8.89. The van der Waals surface area contributed by atoms with Gasteiger partial charge in [0.2, 0.25) is 0 Å². The molecule has 0 spiro atoms. The Morgan fingerprint density at radius 3 is 2.56 bits per heavy atom. The molecule has 1 nitrogen and oxygen atoms in total. The Hall–Kier alpha value is -0.110. The average molecular weight is 134 g/mol. The Balaban J connectivity index is 2.95. The Labute approximate surface area is 55.9 Å². The maximum Gasteiger partial charge on any atom is 0.0897 e. The third kappa shape index (κ3) is 5.77. The van der Waals surface area contributed by atoms with E-state index >= 15 is 0 Å². The van der Waals surface area contributed by atoms with Gasteiger partial charge in [-0.05, 0) is 25.2 Å². The molecule has 0 aliphatic rings. The summed E-state index contributed by atoms with van der Waals surface area (Å²) < 4.78 is 11.6. The summed E-state index contributed by atoms with van der Waals surface area (Å²) in [4.78, 5) is 0. The van der Waals surface area contributed by atoms with Crippen LogP contribution in [0.2, 0.25) is 0 Å². The maximum atomic E-state index is 11.6. The van der Waals surface area contributed by atoms with Crippen LogP contribution in [-0.2, 0) is 0 Å². The SMILES string of the molecule is C[C@@H](CCF)CCCO. The standard InChI is InChI=1S/C7H15FO/c1-7(4-5-8)3-2-6-9/h7,9H,2-6H2,1H3/t7-/m1/s1. The zero-order chi connectivity index (χ0) is 7.11. The van der Waals surface area contributed by atoms with Crippen LogP contribution in [0.5, 0.6) is 0 Å². The van der Waals surface area contributed by atoms with E-state index < -0.39 is 0 Å². The Morgan fingerprint density at radius 1 is 1.44 bits per heavy atom. The minimum absolute atomic E-state index is 0.230. The van der Waals surface area contributed by atoms with Crippen LogP contribution in [-0.4, -0.2) is 18.4 Å². The molecule has 0 aromatic rings. The van der Waals surface area contributed by atoms with E-state index in [1.807, 2.05) is 6.92 Å². The van der Waals surface area contributed by atoms with E-state index in [1.165, 1.54) is 0 Å². The topological polar surface area (TPSA) is 20.2 Å². The quantitative estimate of drug-likeness (QED) is 0.607. The molecular formula is C7H15FO. The maximum absolute atomic E-state index is 11.6. The van der Waals surface area contributed by atoms with Crippen LogP contribution in [0.25, 0.3) is 0 Å². The zero-order valence-electron chi connectivity index (χ0n) is 5.94. The van der Waals surface area contributed by atoms with Crippen LogP contribution in [0.1, 0.15) is 26.2 Å². The summed E-state index contributed by atoms with van der Waals surface area (Å²) in [5.41, 5.74) is 0. The molecule has 1 atom stereocenters. The Bertz CT molecular complexity index is 56.9. The molecule has 0 rings (SSSR count). The van der Waals surface area contributed by atoms with E-state index in [9.17, 15) is 4.39 Å². The van der Waals surface area contributed by atoms with Gasteiger partial charge in [-0.15, -0.1) is 0 Å². The molecule has 0 aromatic carbocycles. The molecule has 0 amide bonds. The van der Waals surface area contributed by atoms with E-state index in [0.717, 1.165) is 12.8 Å². The first-order chi connectivity index (χ1) is 4.31. The van der Waals surface area contributed by atoms with Crippen LogP contribution >= 0.6 is 0 Å². The molecular weight excluding hydrogens is 119 g/mol. The van der Waals surface area contributed by atoms with Crippen molar-refractivity contribution in [2.45, 2.75) is 26.2 Å². The lowest BCUT2D eigenvalue weighted by Gasteiger charge is -2.05. The van der Waals surface area contributed by atoms with Gasteiger partial charge in [0.1, 0.15) is 0 Å². The predicted molar refractivity (Wildman–Crippen MR) is 36.1 cm³/mol. The van der Waals surface area contributed by atoms with Gasteiger partial charge in [0, 0.05) is 6.61 Å². The fraction of sp³-hybridized carbons (Fsp3) is 1.00. The monoisotopic (exact) mass is 134 g/mol. The number of halogens is 1. The van der Waals surface area contributed by atoms with Gasteiger partial charge in [-0.25, -0.2) is 0 Å². The molecule has 0 radical (unpaired) electrons. The summed E-state index contributed by atoms with van der Waals surface area (Å²) in [7, 11) is 0. The molecule has 56 valence electrons. The summed E-state index contributed by atoms with van der Waals surface area (Å²) in [5.74, 6) is 0.433. The van der Waals surface area contributed by atoms with Crippen LogP contribution in [0.3, 0.4) is 0 Å². The minimum atomic E-state index is -0.230. The lowest BCUT2D eigenvalue weighted by Crippen LogP contribution is -1.97. The number of hydrogen-bond acceptors (Lipinski definition) is 1. The molecule has 0 bridgehead atoms. The summed E-state index contributed by atoms with van der Waals surface area (Å²) >= 11 is 0. The number of rotatable bonds is 5. The molecule has 0 unspecified atom stereocenters. The molecule has 0 aromatic heterocycles. The highest BCUT2D eigenvalue weighted by Gasteiger charge is 1.99. The average Bonchev–Trinajstić information content (AvgIpc) is 1.85. The van der Waals surface area contributed by atoms with Gasteiger partial charge in [-0.3, -0.25) is 4.39 Å². The summed E-state index contributed by atoms with van der Waals surface area (Å²) in [6.45, 7) is 2.01. The van der Waals surface area contributed by atoms with Crippen molar-refractivity contribution in [2.75, 3.05) is 13.3 Å². The van der Waals surface area contributed by atoms with Gasteiger partial charge in [-0.2, -0.15) is 0 Å². The van der Waals surface area contributed by atoms with Gasteiger partial charge in [-0.1, -0.05) is 6.92 Å². The first-order valence-electron chi connectivity index (χ1n) is 3.48. The van der Waals surface area contributed by atoms with Crippen LogP contribution in [0.4, 0.5) is 4.39 Å². The highest BCUT2D eigenvalue weighted by atomic mass is 19.1. The third-order valence-corrected chi connectivity index (χ3v) is 1.46. The Morgan fingerprint density at radius 2 is 2.11 bits per heavy atom. The number of aliphatic hydroxyl groups is 1. The van der Waals surface area contributed by atoms with Crippen LogP contribution < -0.4 is 0 Å². The van der Waals surface area contributed by atoms with Gasteiger partial charge >= 0.3 is 0 Å². The van der Waals surface area contributed by atoms with E-state index in [-0.39, 0.29) is 13.3 Å². The highest BCUT2D eigenvalue weighted by molar-refractivity contribution is 4.51. The highest BCUT2D eigenvalue weighted by Crippen LogP contribution is 2.08. The molecule has 1 N–H and O–H groups in total. The van der Waals surface area contributed by atoms with Crippen molar-refractivity contribution in [3.8, 4) is 0 Å². The van der Waals surface area contributed by atoms with Crippen molar-refractivity contribution in [1.29, 1.82) is 0 Å². The van der Waals surface area contributed by atoms with Crippen molar-refractivity contribution < 1.29 is 9.50 Å². The lowest BCUT2D eigenvalue weighted by molar-refractivity contribution is 0.267. The van der Waals surface area contributed by atoms with Crippen molar-refractivity contribution in [3.63, 3.8) is 0 Å². The predicted octanol–water partition coefficient (Wildman–Crippen LogP) is 1.75. The molecule has 0 saturated carbocycles. The largest absolute Gasteiger partial charge is 0.396 e. The molecule has 0 heterocycles.